The molecule has 0 aromatic heterocycles. The van der Waals surface area contributed by atoms with Crippen LogP contribution in [0.2, 0.25) is 0 Å². The number of amides is 1. The zero-order valence-corrected chi connectivity index (χ0v) is 21.5. The Morgan fingerprint density at radius 3 is 1.76 bits per heavy atom. The van der Waals surface area contributed by atoms with Gasteiger partial charge in [0, 0.05) is 17.9 Å². The first-order valence-electron chi connectivity index (χ1n) is 12.1. The molecule has 0 spiro atoms. The second-order valence-electron chi connectivity index (χ2n) is 9.87. The van der Waals surface area contributed by atoms with Crippen LogP contribution < -0.4 is 5.32 Å². The van der Waals surface area contributed by atoms with E-state index < -0.39 is 53.4 Å². The van der Waals surface area contributed by atoms with E-state index in [1.54, 1.807) is 81.4 Å². The number of rotatable bonds is 8. The van der Waals surface area contributed by atoms with Crippen LogP contribution in [0.1, 0.15) is 47.9 Å². The monoisotopic (exact) mass is 511 g/mol. The first kappa shape index (κ1) is 27.7. The standard InChI is InChI=1S/C28H33NO8/c1-28(2,3)37-27(33)29-23-15-20(26(32)34-4)21(16-35-24(30)18-11-7-5-8-12-18)22(23)17-36-25(31)19-13-9-6-10-14-19/h5-14,20-23H,15-17H2,1-4H3,(H,29,33)/t20-,21-,22+,23+/m0/s1. The first-order chi connectivity index (χ1) is 17.6. The van der Waals surface area contributed by atoms with Crippen molar-refractivity contribution in [2.24, 2.45) is 17.8 Å². The summed E-state index contributed by atoms with van der Waals surface area (Å²) in [5, 5.41) is 2.81. The zero-order chi connectivity index (χ0) is 27.0. The summed E-state index contributed by atoms with van der Waals surface area (Å²) in [7, 11) is 1.27. The maximum Gasteiger partial charge on any atom is 0.407 e. The maximum absolute atomic E-state index is 12.7. The molecule has 0 saturated heterocycles. The molecular formula is C28H33NO8. The van der Waals surface area contributed by atoms with Crippen LogP contribution in [-0.4, -0.2) is 56.0 Å². The van der Waals surface area contributed by atoms with Gasteiger partial charge in [-0.3, -0.25) is 4.79 Å². The van der Waals surface area contributed by atoms with E-state index in [0.29, 0.717) is 11.1 Å². The van der Waals surface area contributed by atoms with Crippen molar-refractivity contribution in [2.75, 3.05) is 20.3 Å². The third-order valence-electron chi connectivity index (χ3n) is 6.13. The zero-order valence-electron chi connectivity index (χ0n) is 21.5. The van der Waals surface area contributed by atoms with Crippen molar-refractivity contribution >= 4 is 24.0 Å². The lowest BCUT2D eigenvalue weighted by Crippen LogP contribution is -2.43. The molecule has 37 heavy (non-hydrogen) atoms. The smallest absolute Gasteiger partial charge is 0.407 e. The van der Waals surface area contributed by atoms with E-state index in [1.807, 2.05) is 0 Å². The fourth-order valence-electron chi connectivity index (χ4n) is 4.41. The summed E-state index contributed by atoms with van der Waals surface area (Å²) >= 11 is 0. The van der Waals surface area contributed by atoms with Gasteiger partial charge in [-0.25, -0.2) is 14.4 Å². The van der Waals surface area contributed by atoms with Crippen molar-refractivity contribution in [3.63, 3.8) is 0 Å². The summed E-state index contributed by atoms with van der Waals surface area (Å²) in [5.74, 6) is -3.43. The molecule has 3 rings (SSSR count). The number of methoxy groups -OCH3 is 1. The lowest BCUT2D eigenvalue weighted by Gasteiger charge is -2.27. The number of esters is 3. The van der Waals surface area contributed by atoms with Crippen LogP contribution in [0, 0.1) is 17.8 Å². The van der Waals surface area contributed by atoms with Gasteiger partial charge in [-0.2, -0.15) is 0 Å². The molecule has 1 saturated carbocycles. The van der Waals surface area contributed by atoms with E-state index in [1.165, 1.54) is 7.11 Å². The Morgan fingerprint density at radius 2 is 1.30 bits per heavy atom. The van der Waals surface area contributed by atoms with E-state index >= 15 is 0 Å². The van der Waals surface area contributed by atoms with Crippen LogP contribution in [0.25, 0.3) is 0 Å². The van der Waals surface area contributed by atoms with Gasteiger partial charge in [-0.05, 0) is 51.5 Å². The fourth-order valence-corrected chi connectivity index (χ4v) is 4.41. The van der Waals surface area contributed by atoms with Gasteiger partial charge < -0.3 is 24.3 Å². The number of benzene rings is 2. The van der Waals surface area contributed by atoms with E-state index in [-0.39, 0.29) is 19.6 Å². The molecule has 198 valence electrons. The molecule has 2 aromatic carbocycles. The Kier molecular flexibility index (Phi) is 9.27. The van der Waals surface area contributed by atoms with Gasteiger partial charge in [0.25, 0.3) is 0 Å². The topological polar surface area (TPSA) is 117 Å². The Hall–Kier alpha value is -3.88. The Balaban J connectivity index is 1.81. The van der Waals surface area contributed by atoms with Crippen molar-refractivity contribution in [2.45, 2.75) is 38.8 Å². The highest BCUT2D eigenvalue weighted by atomic mass is 16.6. The van der Waals surface area contributed by atoms with E-state index in [0.717, 1.165) is 0 Å². The molecule has 0 heterocycles. The van der Waals surface area contributed by atoms with Crippen LogP contribution in [0.15, 0.2) is 60.7 Å². The SMILES string of the molecule is COC(=O)[C@H]1C[C@@H](NC(=O)OC(C)(C)C)[C@H](COC(=O)c2ccccc2)[C@H]1COC(=O)c1ccccc1. The second-order valence-corrected chi connectivity index (χ2v) is 9.87. The molecular weight excluding hydrogens is 478 g/mol. The average molecular weight is 512 g/mol. The molecule has 0 bridgehead atoms. The molecule has 1 N–H and O–H groups in total. The highest BCUT2D eigenvalue weighted by Crippen LogP contribution is 2.39. The van der Waals surface area contributed by atoms with Crippen LogP contribution >= 0.6 is 0 Å². The Morgan fingerprint density at radius 1 is 0.811 bits per heavy atom. The van der Waals surface area contributed by atoms with E-state index in [4.69, 9.17) is 18.9 Å². The molecule has 1 amide bonds. The number of ether oxygens (including phenoxy) is 4. The highest BCUT2D eigenvalue weighted by Gasteiger charge is 2.49. The molecule has 0 radical (unpaired) electrons. The number of alkyl carbamates (subject to hydrolysis) is 1. The molecule has 4 atom stereocenters. The highest BCUT2D eigenvalue weighted by molar-refractivity contribution is 5.89. The van der Waals surface area contributed by atoms with Crippen molar-refractivity contribution in [1.29, 1.82) is 0 Å². The Labute approximate surface area is 216 Å². The van der Waals surface area contributed by atoms with Gasteiger partial charge in [0.15, 0.2) is 0 Å². The Bertz CT molecular complexity index is 1080. The lowest BCUT2D eigenvalue weighted by molar-refractivity contribution is -0.147. The summed E-state index contributed by atoms with van der Waals surface area (Å²) in [6, 6.07) is 16.4. The number of hydrogen-bond donors (Lipinski definition) is 1. The van der Waals surface area contributed by atoms with Crippen molar-refractivity contribution in [3.05, 3.63) is 71.8 Å². The van der Waals surface area contributed by atoms with Crippen molar-refractivity contribution < 1.29 is 38.1 Å². The molecule has 0 unspecified atom stereocenters. The van der Waals surface area contributed by atoms with Gasteiger partial charge in [0.2, 0.25) is 0 Å². The number of carbonyl (C=O) groups excluding carboxylic acids is 4. The largest absolute Gasteiger partial charge is 0.469 e. The fraction of sp³-hybridized carbons (Fsp3) is 0.429. The predicted molar refractivity (Wildman–Crippen MR) is 134 cm³/mol. The maximum atomic E-state index is 12.7. The quantitative estimate of drug-likeness (QED) is 0.417. The van der Waals surface area contributed by atoms with Crippen LogP contribution in [-0.2, 0) is 23.7 Å². The van der Waals surface area contributed by atoms with Gasteiger partial charge in [-0.1, -0.05) is 36.4 Å². The summed E-state index contributed by atoms with van der Waals surface area (Å²) in [5.41, 5.74) is 0.00366. The van der Waals surface area contributed by atoms with E-state index in [9.17, 15) is 19.2 Å². The molecule has 9 heteroatoms. The molecule has 2 aromatic rings. The molecule has 9 nitrogen and oxygen atoms in total. The lowest BCUT2D eigenvalue weighted by atomic mass is 9.89. The summed E-state index contributed by atoms with van der Waals surface area (Å²) in [6.07, 6.45) is -0.463. The second kappa shape index (κ2) is 12.4. The minimum atomic E-state index is -0.732. The van der Waals surface area contributed by atoms with Crippen LogP contribution in [0.5, 0.6) is 0 Å². The van der Waals surface area contributed by atoms with Gasteiger partial charge in [0.1, 0.15) is 5.60 Å². The van der Waals surface area contributed by atoms with E-state index in [2.05, 4.69) is 5.32 Å². The first-order valence-corrected chi connectivity index (χ1v) is 12.1. The van der Waals surface area contributed by atoms with Crippen LogP contribution in [0.3, 0.4) is 0 Å². The number of carbonyl (C=O) groups is 4. The van der Waals surface area contributed by atoms with Crippen molar-refractivity contribution in [1.82, 2.24) is 5.32 Å². The minimum absolute atomic E-state index is 0.116. The van der Waals surface area contributed by atoms with Crippen LogP contribution in [0.4, 0.5) is 4.79 Å². The number of nitrogens with one attached hydrogen (secondary N) is 1. The molecule has 0 aliphatic heterocycles. The van der Waals surface area contributed by atoms with Gasteiger partial charge in [0.05, 0.1) is 37.4 Å². The third kappa shape index (κ3) is 7.80. The summed E-state index contributed by atoms with van der Waals surface area (Å²) in [6.45, 7) is 4.97. The average Bonchev–Trinajstić information content (AvgIpc) is 3.21. The predicted octanol–water partition coefficient (Wildman–Crippen LogP) is 4.02. The van der Waals surface area contributed by atoms with Gasteiger partial charge in [-0.15, -0.1) is 0 Å². The molecule has 1 aliphatic carbocycles. The summed E-state index contributed by atoms with van der Waals surface area (Å²) in [4.78, 5) is 50.5. The third-order valence-corrected chi connectivity index (χ3v) is 6.13. The van der Waals surface area contributed by atoms with Gasteiger partial charge >= 0.3 is 24.0 Å². The molecule has 1 fully saturated rings. The van der Waals surface area contributed by atoms with Crippen molar-refractivity contribution in [3.8, 4) is 0 Å². The number of hydrogen-bond acceptors (Lipinski definition) is 8. The normalized spacial score (nSPS) is 21.0. The molecule has 1 aliphatic rings. The summed E-state index contributed by atoms with van der Waals surface area (Å²) < 4.78 is 21.5. The minimum Gasteiger partial charge on any atom is -0.469 e.